The van der Waals surface area contributed by atoms with E-state index in [9.17, 15) is 14.7 Å². The van der Waals surface area contributed by atoms with Crippen LogP contribution in [-0.2, 0) is 21.4 Å². The van der Waals surface area contributed by atoms with Crippen LogP contribution in [0.2, 0.25) is 0 Å². The number of benzene rings is 3. The normalized spacial score (nSPS) is 24.1. The van der Waals surface area contributed by atoms with Gasteiger partial charge in [-0.3, -0.25) is 9.59 Å². The molecule has 12 heteroatoms. The highest BCUT2D eigenvalue weighted by molar-refractivity contribution is 6.07. The Kier molecular flexibility index (Phi) is 6.49. The van der Waals surface area contributed by atoms with Crippen LogP contribution in [-0.4, -0.2) is 49.7 Å². The molecule has 2 amide bonds. The molecule has 1 fully saturated rings. The second-order valence-corrected chi connectivity index (χ2v) is 15.8. The van der Waals surface area contributed by atoms with Gasteiger partial charge in [0.25, 0.3) is 5.91 Å². The number of H-pyrrole nitrogens is 1. The van der Waals surface area contributed by atoms with Crippen molar-refractivity contribution in [3.63, 3.8) is 0 Å². The number of carbonyl (C=O) groups is 2. The second kappa shape index (κ2) is 11.1. The maximum absolute atomic E-state index is 14.3. The van der Waals surface area contributed by atoms with Gasteiger partial charge in [0.2, 0.25) is 17.7 Å². The summed E-state index contributed by atoms with van der Waals surface area (Å²) in [6, 6.07) is 16.7. The van der Waals surface area contributed by atoms with E-state index in [0.717, 1.165) is 69.2 Å². The first-order chi connectivity index (χ1) is 26.2. The average molecular weight is 723 g/mol. The Labute approximate surface area is 309 Å². The first kappa shape index (κ1) is 31.6. The number of rotatable bonds is 3. The number of ether oxygens (including phenoxy) is 1. The Balaban J connectivity index is 1.18. The average Bonchev–Trinajstić information content (AvgIpc) is 3.99. The predicted molar refractivity (Wildman–Crippen MR) is 198 cm³/mol. The van der Waals surface area contributed by atoms with Crippen LogP contribution in [0.15, 0.2) is 75.8 Å². The number of amides is 2. The van der Waals surface area contributed by atoms with Crippen molar-refractivity contribution >= 4 is 28.4 Å². The molecule has 4 atom stereocenters. The minimum Gasteiger partial charge on any atom is -0.469 e. The lowest BCUT2D eigenvalue weighted by molar-refractivity contribution is -0.145. The van der Waals surface area contributed by atoms with Crippen LogP contribution in [0.3, 0.4) is 0 Å². The minimum absolute atomic E-state index is 0.165. The standard InChI is InChI=1S/C42H38N6O6/c1-20(2)32-38-47-34-35(54-38)42-25-10-6-9-23(22-8-7-11-27-31(22)24(18-43-27)30-19-44-37(34)52-30)33(25)48-40(42)53-29-13-12-21(16-26(29)42)17-28(36(49)46-32)45-39(50)41(51)14-4-3-5-15-41/h6-13,16,18-20,28,32,40,43,48,51H,3-5,14-15,17H2,1-2H3,(H,45,50)(H,46,49)/t28-,32-,40?,42?/m0/s1. The smallest absolute Gasteiger partial charge is 0.252 e. The number of fused-ring (bicyclic) bond motifs is 7. The molecule has 2 unspecified atom stereocenters. The third-order valence-corrected chi connectivity index (χ3v) is 12.2. The molecule has 3 aromatic heterocycles. The number of carbonyl (C=O) groups excluding carboxylic acids is 2. The molecule has 10 bridgehead atoms. The molecule has 12 nitrogen and oxygen atoms in total. The van der Waals surface area contributed by atoms with Crippen molar-refractivity contribution in [1.82, 2.24) is 25.6 Å². The van der Waals surface area contributed by atoms with Crippen LogP contribution in [0.5, 0.6) is 5.75 Å². The number of nitrogens with one attached hydrogen (secondary N) is 4. The van der Waals surface area contributed by atoms with Crippen LogP contribution in [0.4, 0.5) is 5.69 Å². The lowest BCUT2D eigenvalue weighted by Crippen LogP contribution is -2.56. The van der Waals surface area contributed by atoms with Gasteiger partial charge in [-0.15, -0.1) is 0 Å². The number of aliphatic hydroxyl groups is 1. The summed E-state index contributed by atoms with van der Waals surface area (Å²) < 4.78 is 20.5. The highest BCUT2D eigenvalue weighted by Crippen LogP contribution is 2.61. The monoisotopic (exact) mass is 722 g/mol. The summed E-state index contributed by atoms with van der Waals surface area (Å²) in [4.78, 5) is 41.4. The number of para-hydroxylation sites is 1. The van der Waals surface area contributed by atoms with E-state index < -0.39 is 41.1 Å². The van der Waals surface area contributed by atoms with E-state index in [1.54, 1.807) is 6.20 Å². The number of hydrogen-bond donors (Lipinski definition) is 5. The Morgan fingerprint density at radius 3 is 2.67 bits per heavy atom. The lowest BCUT2D eigenvalue weighted by atomic mass is 9.72. The fourth-order valence-electron chi connectivity index (χ4n) is 9.51. The van der Waals surface area contributed by atoms with Crippen LogP contribution < -0.4 is 20.7 Å². The number of anilines is 1. The molecule has 0 saturated heterocycles. The molecule has 1 saturated carbocycles. The van der Waals surface area contributed by atoms with Gasteiger partial charge in [-0.2, -0.15) is 0 Å². The molecular formula is C42H38N6O6. The zero-order chi connectivity index (χ0) is 36.5. The molecule has 0 radical (unpaired) electrons. The molecule has 4 aliphatic heterocycles. The molecule has 6 aromatic rings. The van der Waals surface area contributed by atoms with Gasteiger partial charge in [-0.05, 0) is 42.0 Å². The van der Waals surface area contributed by atoms with Gasteiger partial charge < -0.3 is 39.6 Å². The van der Waals surface area contributed by atoms with Crippen molar-refractivity contribution in [1.29, 1.82) is 0 Å². The van der Waals surface area contributed by atoms with Crippen molar-refractivity contribution in [3.05, 3.63) is 95.3 Å². The van der Waals surface area contributed by atoms with Gasteiger partial charge in [-0.1, -0.05) is 75.6 Å². The maximum Gasteiger partial charge on any atom is 0.252 e. The molecule has 1 spiro atoms. The Bertz CT molecular complexity index is 2560. The van der Waals surface area contributed by atoms with E-state index in [2.05, 4.69) is 45.2 Å². The van der Waals surface area contributed by atoms with E-state index in [0.29, 0.717) is 35.8 Å². The number of nitrogens with zero attached hydrogens (tertiary/aromatic N) is 2. The Hall–Kier alpha value is -5.88. The van der Waals surface area contributed by atoms with E-state index in [4.69, 9.17) is 23.5 Å². The quantitative estimate of drug-likeness (QED) is 0.137. The number of oxazole rings is 2. The maximum atomic E-state index is 14.3. The first-order valence-electron chi connectivity index (χ1n) is 18.8. The first-order valence-corrected chi connectivity index (χ1v) is 18.8. The number of aromatic nitrogens is 3. The summed E-state index contributed by atoms with van der Waals surface area (Å²) >= 11 is 0. The van der Waals surface area contributed by atoms with Crippen molar-refractivity contribution in [2.24, 2.45) is 5.92 Å². The van der Waals surface area contributed by atoms with Gasteiger partial charge in [0, 0.05) is 51.5 Å². The topological polar surface area (TPSA) is 168 Å². The van der Waals surface area contributed by atoms with Crippen LogP contribution in [0.25, 0.3) is 44.9 Å². The summed E-state index contributed by atoms with van der Waals surface area (Å²) in [5.74, 6) is 1.20. The van der Waals surface area contributed by atoms with E-state index in [-0.39, 0.29) is 24.1 Å². The van der Waals surface area contributed by atoms with E-state index in [1.807, 2.05) is 50.4 Å². The second-order valence-electron chi connectivity index (χ2n) is 15.8. The van der Waals surface area contributed by atoms with Gasteiger partial charge in [-0.25, -0.2) is 9.97 Å². The lowest BCUT2D eigenvalue weighted by Gasteiger charge is -2.33. The third-order valence-electron chi connectivity index (χ3n) is 12.2. The zero-order valence-corrected chi connectivity index (χ0v) is 29.8. The molecular weight excluding hydrogens is 684 g/mol. The molecule has 272 valence electrons. The predicted octanol–water partition coefficient (Wildman–Crippen LogP) is 6.49. The van der Waals surface area contributed by atoms with Gasteiger partial charge in [0.1, 0.15) is 28.8 Å². The van der Waals surface area contributed by atoms with Gasteiger partial charge in [0.05, 0.1) is 6.20 Å². The zero-order valence-electron chi connectivity index (χ0n) is 29.8. The fraction of sp³-hybridized carbons (Fsp3) is 0.333. The van der Waals surface area contributed by atoms with Crippen LogP contribution >= 0.6 is 0 Å². The molecule has 1 aliphatic carbocycles. The Morgan fingerprint density at radius 1 is 0.981 bits per heavy atom. The Morgan fingerprint density at radius 2 is 1.81 bits per heavy atom. The highest BCUT2D eigenvalue weighted by atomic mass is 16.5. The molecule has 5 aliphatic rings. The molecule has 7 heterocycles. The molecule has 5 N–H and O–H groups in total. The highest BCUT2D eigenvalue weighted by Gasteiger charge is 2.61. The van der Waals surface area contributed by atoms with Gasteiger partial charge >= 0.3 is 0 Å². The minimum atomic E-state index is -1.52. The van der Waals surface area contributed by atoms with E-state index >= 15 is 0 Å². The SMILES string of the molecule is CC(C)[C@@H]1NC(=O)[C@@H](NC(=O)C2(O)CCCCC2)Cc2ccc3c(c2)C24c5cccc(c5NC2O3)-c2cccc3[nH]cc(c23)-c2cnc(o2)-c2nc1oc24. The fourth-order valence-corrected chi connectivity index (χ4v) is 9.51. The summed E-state index contributed by atoms with van der Waals surface area (Å²) in [5, 5.41) is 22.3. The van der Waals surface area contributed by atoms with Crippen molar-refractivity contribution in [2.75, 3.05) is 5.32 Å². The van der Waals surface area contributed by atoms with Crippen molar-refractivity contribution < 1.29 is 28.3 Å². The van der Waals surface area contributed by atoms with Gasteiger partial charge in [0.15, 0.2) is 23.4 Å². The van der Waals surface area contributed by atoms with Crippen molar-refractivity contribution in [3.8, 4) is 39.8 Å². The molecule has 11 rings (SSSR count). The van der Waals surface area contributed by atoms with Crippen LogP contribution in [0, 0.1) is 5.92 Å². The van der Waals surface area contributed by atoms with Crippen LogP contribution in [0.1, 0.15) is 80.3 Å². The largest absolute Gasteiger partial charge is 0.469 e. The van der Waals surface area contributed by atoms with Crippen molar-refractivity contribution in [2.45, 2.75) is 81.7 Å². The number of hydrogen-bond acceptors (Lipinski definition) is 9. The molecule has 3 aromatic carbocycles. The summed E-state index contributed by atoms with van der Waals surface area (Å²) in [6.45, 7) is 3.97. The van der Waals surface area contributed by atoms with E-state index in [1.165, 1.54) is 0 Å². The summed E-state index contributed by atoms with van der Waals surface area (Å²) in [7, 11) is 0. The number of aromatic amines is 1. The summed E-state index contributed by atoms with van der Waals surface area (Å²) in [6.07, 6.45) is 6.41. The molecule has 54 heavy (non-hydrogen) atoms. The third kappa shape index (κ3) is 4.22. The summed E-state index contributed by atoms with van der Waals surface area (Å²) in [5.41, 5.74) is 5.18.